The molecule has 0 N–H and O–H groups in total. The second-order valence-electron chi connectivity index (χ2n) is 5.30. The Hall–Kier alpha value is -2.62. The minimum absolute atomic E-state index is 0.219. The van der Waals surface area contributed by atoms with E-state index in [2.05, 4.69) is 0 Å². The third-order valence-corrected chi connectivity index (χ3v) is 3.68. The lowest BCUT2D eigenvalue weighted by atomic mass is 9.87. The number of carbonyl (C=O) groups is 4. The SMILES string of the molecule is CC(=O)c1ccc(C(C)=O)c2c(C(C)=O)ccc(C(C)=O)c12. The highest BCUT2D eigenvalue weighted by atomic mass is 16.1. The Morgan fingerprint density at radius 2 is 0.682 bits per heavy atom. The maximum atomic E-state index is 11.9. The molecule has 0 aromatic heterocycles. The van der Waals surface area contributed by atoms with Crippen LogP contribution in [0.3, 0.4) is 0 Å². The first-order valence-corrected chi connectivity index (χ1v) is 6.89. The van der Waals surface area contributed by atoms with E-state index in [9.17, 15) is 19.2 Å². The second-order valence-corrected chi connectivity index (χ2v) is 5.30. The summed E-state index contributed by atoms with van der Waals surface area (Å²) in [6, 6.07) is 6.16. The fraction of sp³-hybridized carbons (Fsp3) is 0.222. The van der Waals surface area contributed by atoms with E-state index in [-0.39, 0.29) is 23.1 Å². The molecule has 0 aliphatic rings. The molecule has 4 nitrogen and oxygen atoms in total. The van der Waals surface area contributed by atoms with E-state index >= 15 is 0 Å². The average Bonchev–Trinajstić information content (AvgIpc) is 2.43. The lowest BCUT2D eigenvalue weighted by Gasteiger charge is -2.14. The molecule has 2 aromatic rings. The number of ketones is 4. The van der Waals surface area contributed by atoms with Gasteiger partial charge in [-0.15, -0.1) is 0 Å². The third kappa shape index (κ3) is 2.48. The molecule has 0 saturated carbocycles. The van der Waals surface area contributed by atoms with E-state index in [0.717, 1.165) is 0 Å². The smallest absolute Gasteiger partial charge is 0.160 e. The summed E-state index contributed by atoms with van der Waals surface area (Å²) in [7, 11) is 0. The van der Waals surface area contributed by atoms with Crippen LogP contribution in [0.5, 0.6) is 0 Å². The zero-order valence-corrected chi connectivity index (χ0v) is 12.9. The third-order valence-electron chi connectivity index (χ3n) is 3.68. The minimum Gasteiger partial charge on any atom is -0.294 e. The van der Waals surface area contributed by atoms with Crippen LogP contribution in [0.25, 0.3) is 10.8 Å². The van der Waals surface area contributed by atoms with Gasteiger partial charge in [-0.25, -0.2) is 0 Å². The van der Waals surface area contributed by atoms with Gasteiger partial charge in [0.25, 0.3) is 0 Å². The summed E-state index contributed by atoms with van der Waals surface area (Å²) in [6.45, 7) is 5.58. The standard InChI is InChI=1S/C18H16O4/c1-9(19)13-5-6-15(11(3)21)18-16(12(4)22)8-7-14(10(2)20)17(13)18/h5-8H,1-4H3. The van der Waals surface area contributed by atoms with Gasteiger partial charge in [-0.1, -0.05) is 24.3 Å². The molecule has 0 unspecified atom stereocenters. The molecule has 4 heteroatoms. The molecule has 0 bridgehead atoms. The topological polar surface area (TPSA) is 68.3 Å². The summed E-state index contributed by atoms with van der Waals surface area (Å²) in [6.07, 6.45) is 0. The molecule has 22 heavy (non-hydrogen) atoms. The minimum atomic E-state index is -0.219. The zero-order valence-electron chi connectivity index (χ0n) is 12.9. The van der Waals surface area contributed by atoms with Crippen molar-refractivity contribution in [2.24, 2.45) is 0 Å². The van der Waals surface area contributed by atoms with Crippen LogP contribution in [0.1, 0.15) is 69.1 Å². The maximum Gasteiger partial charge on any atom is 0.160 e. The highest BCUT2D eigenvalue weighted by molar-refractivity contribution is 6.24. The van der Waals surface area contributed by atoms with Gasteiger partial charge in [0.1, 0.15) is 0 Å². The Kier molecular flexibility index (Phi) is 4.04. The predicted molar refractivity (Wildman–Crippen MR) is 84.0 cm³/mol. The van der Waals surface area contributed by atoms with Crippen LogP contribution in [0.4, 0.5) is 0 Å². The number of fused-ring (bicyclic) bond motifs is 1. The molecule has 2 rings (SSSR count). The molecule has 0 atom stereocenters. The highest BCUT2D eigenvalue weighted by Gasteiger charge is 2.21. The number of hydrogen-bond acceptors (Lipinski definition) is 4. The van der Waals surface area contributed by atoms with E-state index in [1.54, 1.807) is 0 Å². The summed E-state index contributed by atoms with van der Waals surface area (Å²) in [5.41, 5.74) is 1.36. The quantitative estimate of drug-likeness (QED) is 0.808. The van der Waals surface area contributed by atoms with E-state index in [0.29, 0.717) is 33.0 Å². The molecule has 112 valence electrons. The van der Waals surface area contributed by atoms with Gasteiger partial charge in [-0.3, -0.25) is 19.2 Å². The van der Waals surface area contributed by atoms with Crippen LogP contribution in [0.2, 0.25) is 0 Å². The molecular weight excluding hydrogens is 280 g/mol. The van der Waals surface area contributed by atoms with E-state index in [1.165, 1.54) is 52.0 Å². The zero-order chi connectivity index (χ0) is 16.6. The second kappa shape index (κ2) is 5.64. The normalized spacial score (nSPS) is 10.5. The first-order chi connectivity index (χ1) is 10.3. The van der Waals surface area contributed by atoms with E-state index in [4.69, 9.17) is 0 Å². The number of rotatable bonds is 4. The van der Waals surface area contributed by atoms with Gasteiger partial charge in [0.2, 0.25) is 0 Å². The van der Waals surface area contributed by atoms with Crippen molar-refractivity contribution in [1.29, 1.82) is 0 Å². The summed E-state index contributed by atoms with van der Waals surface area (Å²) >= 11 is 0. The molecular formula is C18H16O4. The average molecular weight is 296 g/mol. The molecule has 0 heterocycles. The summed E-state index contributed by atoms with van der Waals surface area (Å²) in [5.74, 6) is -0.877. The first-order valence-electron chi connectivity index (χ1n) is 6.89. The van der Waals surface area contributed by atoms with Crippen molar-refractivity contribution in [3.63, 3.8) is 0 Å². The van der Waals surface area contributed by atoms with Crippen molar-refractivity contribution in [1.82, 2.24) is 0 Å². The van der Waals surface area contributed by atoms with Crippen molar-refractivity contribution in [2.75, 3.05) is 0 Å². The van der Waals surface area contributed by atoms with E-state index in [1.807, 2.05) is 0 Å². The van der Waals surface area contributed by atoms with Crippen LogP contribution in [0.15, 0.2) is 24.3 Å². The monoisotopic (exact) mass is 296 g/mol. The van der Waals surface area contributed by atoms with Gasteiger partial charge in [0.15, 0.2) is 23.1 Å². The van der Waals surface area contributed by atoms with Gasteiger partial charge >= 0.3 is 0 Å². The van der Waals surface area contributed by atoms with Gasteiger partial charge in [0, 0.05) is 33.0 Å². The Balaban J connectivity index is 3.17. The lowest BCUT2D eigenvalue weighted by Crippen LogP contribution is -2.08. The fourth-order valence-corrected chi connectivity index (χ4v) is 2.67. The number of carbonyl (C=O) groups excluding carboxylic acids is 4. The van der Waals surface area contributed by atoms with Crippen molar-refractivity contribution < 1.29 is 19.2 Å². The van der Waals surface area contributed by atoms with Crippen LogP contribution in [-0.2, 0) is 0 Å². The van der Waals surface area contributed by atoms with Crippen LogP contribution in [-0.4, -0.2) is 23.1 Å². The van der Waals surface area contributed by atoms with Crippen molar-refractivity contribution in [2.45, 2.75) is 27.7 Å². The maximum absolute atomic E-state index is 11.9. The van der Waals surface area contributed by atoms with Crippen LogP contribution < -0.4 is 0 Å². The highest BCUT2D eigenvalue weighted by Crippen LogP contribution is 2.31. The Morgan fingerprint density at radius 1 is 0.500 bits per heavy atom. The fourth-order valence-electron chi connectivity index (χ4n) is 2.67. The Morgan fingerprint density at radius 3 is 0.818 bits per heavy atom. The van der Waals surface area contributed by atoms with Gasteiger partial charge in [-0.05, 0) is 27.7 Å². The molecule has 0 spiro atoms. The Bertz CT molecular complexity index is 707. The number of benzene rings is 2. The molecule has 2 aromatic carbocycles. The Labute approximate surface area is 128 Å². The summed E-state index contributed by atoms with van der Waals surface area (Å²) in [4.78, 5) is 47.7. The van der Waals surface area contributed by atoms with Crippen LogP contribution >= 0.6 is 0 Å². The number of hydrogen-bond donors (Lipinski definition) is 0. The molecule has 0 aliphatic heterocycles. The largest absolute Gasteiger partial charge is 0.294 e. The van der Waals surface area contributed by atoms with Crippen molar-refractivity contribution >= 4 is 33.9 Å². The van der Waals surface area contributed by atoms with Gasteiger partial charge in [0.05, 0.1) is 0 Å². The van der Waals surface area contributed by atoms with Gasteiger partial charge < -0.3 is 0 Å². The molecule has 0 radical (unpaired) electrons. The molecule has 0 saturated heterocycles. The summed E-state index contributed by atoms with van der Waals surface area (Å²) in [5, 5.41) is 0.779. The molecule has 0 fully saturated rings. The molecule has 0 amide bonds. The summed E-state index contributed by atoms with van der Waals surface area (Å²) < 4.78 is 0. The first kappa shape index (κ1) is 15.8. The lowest BCUT2D eigenvalue weighted by molar-refractivity contribution is 0.0997. The van der Waals surface area contributed by atoms with Gasteiger partial charge in [-0.2, -0.15) is 0 Å². The van der Waals surface area contributed by atoms with E-state index < -0.39 is 0 Å². The number of Topliss-reactive ketones (excluding diaryl/α,β-unsaturated/α-hetero) is 4. The molecule has 0 aliphatic carbocycles. The van der Waals surface area contributed by atoms with Crippen LogP contribution in [0, 0.1) is 0 Å². The predicted octanol–water partition coefficient (Wildman–Crippen LogP) is 3.65. The van der Waals surface area contributed by atoms with Crippen molar-refractivity contribution in [3.05, 3.63) is 46.5 Å². The van der Waals surface area contributed by atoms with Crippen molar-refractivity contribution in [3.8, 4) is 0 Å².